The minimum absolute atomic E-state index is 0.107. The SMILES string of the molecule is Cc1ccc(C)c(S(=O)(=O)N2CCC(Cl)CC2)c1. The van der Waals surface area contributed by atoms with E-state index >= 15 is 0 Å². The minimum atomic E-state index is -3.36. The first-order chi connectivity index (χ1) is 8.41. The average molecular weight is 288 g/mol. The molecular formula is C13H18ClNO2S. The van der Waals surface area contributed by atoms with Gasteiger partial charge in [0.05, 0.1) is 4.90 Å². The van der Waals surface area contributed by atoms with Crippen molar-refractivity contribution in [2.45, 2.75) is 37.0 Å². The van der Waals surface area contributed by atoms with E-state index in [0.717, 1.165) is 24.0 Å². The molecule has 0 bridgehead atoms. The molecule has 1 aliphatic rings. The summed E-state index contributed by atoms with van der Waals surface area (Å²) in [4.78, 5) is 0.426. The molecule has 2 rings (SSSR count). The summed E-state index contributed by atoms with van der Waals surface area (Å²) in [5.41, 5.74) is 1.76. The van der Waals surface area contributed by atoms with E-state index in [9.17, 15) is 8.42 Å². The molecule has 1 aromatic carbocycles. The van der Waals surface area contributed by atoms with Gasteiger partial charge in [-0.3, -0.25) is 0 Å². The molecule has 0 radical (unpaired) electrons. The summed E-state index contributed by atoms with van der Waals surface area (Å²) >= 11 is 6.01. The van der Waals surface area contributed by atoms with Crippen LogP contribution in [0.15, 0.2) is 23.1 Å². The van der Waals surface area contributed by atoms with E-state index in [4.69, 9.17) is 11.6 Å². The van der Waals surface area contributed by atoms with Gasteiger partial charge < -0.3 is 0 Å². The molecule has 1 heterocycles. The Morgan fingerprint density at radius 1 is 1.22 bits per heavy atom. The molecule has 1 aromatic rings. The summed E-state index contributed by atoms with van der Waals surface area (Å²) in [6.45, 7) is 4.78. The quantitative estimate of drug-likeness (QED) is 0.784. The van der Waals surface area contributed by atoms with E-state index in [1.807, 2.05) is 26.0 Å². The standard InChI is InChI=1S/C13H18ClNO2S/c1-10-3-4-11(2)13(9-10)18(16,17)15-7-5-12(14)6-8-15/h3-4,9,12H,5-8H2,1-2H3. The van der Waals surface area contributed by atoms with Crippen LogP contribution in [0, 0.1) is 13.8 Å². The van der Waals surface area contributed by atoms with E-state index in [1.54, 1.807) is 10.4 Å². The molecule has 0 unspecified atom stereocenters. The number of rotatable bonds is 2. The smallest absolute Gasteiger partial charge is 0.207 e. The molecular weight excluding hydrogens is 270 g/mol. The molecule has 1 aliphatic heterocycles. The molecule has 0 N–H and O–H groups in total. The first kappa shape index (κ1) is 13.8. The molecule has 18 heavy (non-hydrogen) atoms. The third kappa shape index (κ3) is 2.71. The van der Waals surface area contributed by atoms with Gasteiger partial charge in [0.15, 0.2) is 0 Å². The van der Waals surface area contributed by atoms with Crippen molar-refractivity contribution in [3.05, 3.63) is 29.3 Å². The van der Waals surface area contributed by atoms with Crippen LogP contribution in [0.1, 0.15) is 24.0 Å². The van der Waals surface area contributed by atoms with Gasteiger partial charge in [-0.25, -0.2) is 8.42 Å². The number of alkyl halides is 1. The van der Waals surface area contributed by atoms with Crippen LogP contribution in [0.2, 0.25) is 0 Å². The first-order valence-electron chi connectivity index (χ1n) is 6.13. The van der Waals surface area contributed by atoms with Crippen LogP contribution in [0.4, 0.5) is 0 Å². The lowest BCUT2D eigenvalue weighted by Crippen LogP contribution is -2.39. The van der Waals surface area contributed by atoms with Crippen molar-refractivity contribution in [1.29, 1.82) is 0 Å². The monoisotopic (exact) mass is 287 g/mol. The number of halogens is 1. The Kier molecular flexibility index (Phi) is 3.99. The van der Waals surface area contributed by atoms with Gasteiger partial charge in [0.2, 0.25) is 10.0 Å². The van der Waals surface area contributed by atoms with E-state index < -0.39 is 10.0 Å². The molecule has 5 heteroatoms. The van der Waals surface area contributed by atoms with Crippen LogP contribution >= 0.6 is 11.6 Å². The van der Waals surface area contributed by atoms with Crippen LogP contribution in [0.5, 0.6) is 0 Å². The van der Waals surface area contributed by atoms with Gasteiger partial charge in [0.1, 0.15) is 0 Å². The van der Waals surface area contributed by atoms with E-state index in [0.29, 0.717) is 18.0 Å². The van der Waals surface area contributed by atoms with Gasteiger partial charge in [0, 0.05) is 18.5 Å². The Morgan fingerprint density at radius 3 is 2.44 bits per heavy atom. The van der Waals surface area contributed by atoms with Gasteiger partial charge >= 0.3 is 0 Å². The predicted octanol–water partition coefficient (Wildman–Crippen LogP) is 2.70. The van der Waals surface area contributed by atoms with Crippen LogP contribution in [-0.2, 0) is 10.0 Å². The van der Waals surface area contributed by atoms with Gasteiger partial charge in [0.25, 0.3) is 0 Å². The topological polar surface area (TPSA) is 37.4 Å². The normalized spacial score (nSPS) is 19.1. The second kappa shape index (κ2) is 5.19. The van der Waals surface area contributed by atoms with E-state index in [2.05, 4.69) is 0 Å². The van der Waals surface area contributed by atoms with Crippen LogP contribution in [-0.4, -0.2) is 31.2 Å². The average Bonchev–Trinajstić information content (AvgIpc) is 2.32. The van der Waals surface area contributed by atoms with Crippen molar-refractivity contribution < 1.29 is 8.42 Å². The summed E-state index contributed by atoms with van der Waals surface area (Å²) in [7, 11) is -3.36. The summed E-state index contributed by atoms with van der Waals surface area (Å²) in [5.74, 6) is 0. The van der Waals surface area contributed by atoms with Crippen molar-refractivity contribution in [2.24, 2.45) is 0 Å². The maximum absolute atomic E-state index is 12.5. The maximum Gasteiger partial charge on any atom is 0.243 e. The fraction of sp³-hybridized carbons (Fsp3) is 0.538. The molecule has 100 valence electrons. The minimum Gasteiger partial charge on any atom is -0.207 e. The lowest BCUT2D eigenvalue weighted by atomic mass is 10.2. The fourth-order valence-electron chi connectivity index (χ4n) is 2.19. The number of benzene rings is 1. The molecule has 3 nitrogen and oxygen atoms in total. The highest BCUT2D eigenvalue weighted by Gasteiger charge is 2.29. The van der Waals surface area contributed by atoms with Crippen molar-refractivity contribution in [3.8, 4) is 0 Å². The number of piperidine rings is 1. The maximum atomic E-state index is 12.5. The highest BCUT2D eigenvalue weighted by molar-refractivity contribution is 7.89. The summed E-state index contributed by atoms with van der Waals surface area (Å²) < 4.78 is 26.6. The third-order valence-corrected chi connectivity index (χ3v) is 5.82. The Balaban J connectivity index is 2.33. The van der Waals surface area contributed by atoms with E-state index in [1.165, 1.54) is 0 Å². The van der Waals surface area contributed by atoms with Crippen LogP contribution < -0.4 is 0 Å². The molecule has 0 aliphatic carbocycles. The molecule has 1 saturated heterocycles. The lowest BCUT2D eigenvalue weighted by Gasteiger charge is -2.29. The molecule has 0 aromatic heterocycles. The second-order valence-electron chi connectivity index (χ2n) is 4.85. The highest BCUT2D eigenvalue weighted by Crippen LogP contribution is 2.25. The van der Waals surface area contributed by atoms with Crippen molar-refractivity contribution in [1.82, 2.24) is 4.31 Å². The van der Waals surface area contributed by atoms with Crippen molar-refractivity contribution in [2.75, 3.05) is 13.1 Å². The van der Waals surface area contributed by atoms with E-state index in [-0.39, 0.29) is 5.38 Å². The molecule has 1 fully saturated rings. The molecule has 0 spiro atoms. The zero-order chi connectivity index (χ0) is 13.3. The number of hydrogen-bond acceptors (Lipinski definition) is 2. The zero-order valence-electron chi connectivity index (χ0n) is 10.7. The lowest BCUT2D eigenvalue weighted by molar-refractivity contribution is 0.350. The molecule has 0 atom stereocenters. The molecule has 0 amide bonds. The predicted molar refractivity (Wildman–Crippen MR) is 73.5 cm³/mol. The highest BCUT2D eigenvalue weighted by atomic mass is 35.5. The van der Waals surface area contributed by atoms with Gasteiger partial charge in [-0.05, 0) is 43.9 Å². The van der Waals surface area contributed by atoms with Gasteiger partial charge in [-0.15, -0.1) is 11.6 Å². The Hall–Kier alpha value is -0.580. The number of sulfonamides is 1. The first-order valence-corrected chi connectivity index (χ1v) is 8.00. The third-order valence-electron chi connectivity index (χ3n) is 3.34. The largest absolute Gasteiger partial charge is 0.243 e. The van der Waals surface area contributed by atoms with Gasteiger partial charge in [-0.1, -0.05) is 12.1 Å². The fourth-order valence-corrected chi connectivity index (χ4v) is 4.16. The Morgan fingerprint density at radius 2 is 1.83 bits per heavy atom. The number of hydrogen-bond donors (Lipinski definition) is 0. The Bertz CT molecular complexity index is 534. The molecule has 0 saturated carbocycles. The summed E-state index contributed by atoms with van der Waals surface area (Å²) in [6, 6.07) is 5.54. The number of aryl methyl sites for hydroxylation is 2. The summed E-state index contributed by atoms with van der Waals surface area (Å²) in [5, 5.41) is 0.107. The van der Waals surface area contributed by atoms with Crippen molar-refractivity contribution >= 4 is 21.6 Å². The van der Waals surface area contributed by atoms with Crippen LogP contribution in [0.25, 0.3) is 0 Å². The summed E-state index contributed by atoms with van der Waals surface area (Å²) in [6.07, 6.45) is 1.46. The zero-order valence-corrected chi connectivity index (χ0v) is 12.3. The van der Waals surface area contributed by atoms with Crippen LogP contribution in [0.3, 0.4) is 0 Å². The van der Waals surface area contributed by atoms with Crippen molar-refractivity contribution in [3.63, 3.8) is 0 Å². The second-order valence-corrected chi connectivity index (χ2v) is 7.37. The number of nitrogens with zero attached hydrogens (tertiary/aromatic N) is 1. The van der Waals surface area contributed by atoms with Gasteiger partial charge in [-0.2, -0.15) is 4.31 Å². The Labute approximate surface area is 114 Å².